The molecule has 25 heavy (non-hydrogen) atoms. The Hall–Kier alpha value is -2.82. The fraction of sp³-hybridized carbons (Fsp3) is 0.300. The SMILES string of the molecule is COc1ccccc1C(=O)N1CCC2(CC(=O)c3ccccc3O2)C1. The number of benzene rings is 2. The molecular formula is C20H19NO4. The number of para-hydroxylation sites is 2. The van der Waals surface area contributed by atoms with Crippen molar-refractivity contribution in [2.45, 2.75) is 18.4 Å². The summed E-state index contributed by atoms with van der Waals surface area (Å²) in [6.45, 7) is 0.969. The Labute approximate surface area is 146 Å². The van der Waals surface area contributed by atoms with E-state index < -0.39 is 5.60 Å². The number of hydrogen-bond donors (Lipinski definition) is 0. The van der Waals surface area contributed by atoms with Crippen LogP contribution in [0, 0.1) is 0 Å². The number of likely N-dealkylation sites (tertiary alicyclic amines) is 1. The first-order valence-electron chi connectivity index (χ1n) is 8.35. The molecule has 1 spiro atoms. The number of fused-ring (bicyclic) bond motifs is 1. The van der Waals surface area contributed by atoms with Crippen LogP contribution < -0.4 is 9.47 Å². The van der Waals surface area contributed by atoms with E-state index in [1.807, 2.05) is 30.3 Å². The summed E-state index contributed by atoms with van der Waals surface area (Å²) in [4.78, 5) is 27.1. The second-order valence-corrected chi connectivity index (χ2v) is 6.56. The van der Waals surface area contributed by atoms with Gasteiger partial charge >= 0.3 is 0 Å². The molecule has 2 heterocycles. The van der Waals surface area contributed by atoms with E-state index in [-0.39, 0.29) is 11.7 Å². The van der Waals surface area contributed by atoms with Crippen LogP contribution in [-0.4, -0.2) is 42.4 Å². The summed E-state index contributed by atoms with van der Waals surface area (Å²) in [5.74, 6) is 1.16. The zero-order valence-electron chi connectivity index (χ0n) is 14.0. The lowest BCUT2D eigenvalue weighted by atomic mass is 9.89. The molecule has 2 aliphatic heterocycles. The van der Waals surface area contributed by atoms with Gasteiger partial charge in [-0.2, -0.15) is 0 Å². The molecule has 4 rings (SSSR count). The number of amides is 1. The summed E-state index contributed by atoms with van der Waals surface area (Å²) in [6, 6.07) is 14.5. The summed E-state index contributed by atoms with van der Waals surface area (Å²) in [5.41, 5.74) is 0.538. The van der Waals surface area contributed by atoms with Crippen LogP contribution in [0.2, 0.25) is 0 Å². The molecular weight excluding hydrogens is 318 g/mol. The molecule has 128 valence electrons. The molecule has 2 aromatic rings. The van der Waals surface area contributed by atoms with Gasteiger partial charge in [0, 0.05) is 13.0 Å². The Morgan fingerprint density at radius 3 is 2.76 bits per heavy atom. The van der Waals surface area contributed by atoms with Crippen molar-refractivity contribution in [3.8, 4) is 11.5 Å². The van der Waals surface area contributed by atoms with Crippen LogP contribution in [0.1, 0.15) is 33.6 Å². The first-order chi connectivity index (χ1) is 12.1. The summed E-state index contributed by atoms with van der Waals surface area (Å²) in [5, 5.41) is 0. The van der Waals surface area contributed by atoms with Crippen LogP contribution in [0.5, 0.6) is 11.5 Å². The highest BCUT2D eigenvalue weighted by atomic mass is 16.5. The van der Waals surface area contributed by atoms with E-state index in [0.717, 1.165) is 0 Å². The number of carbonyl (C=O) groups excluding carboxylic acids is 2. The highest BCUT2D eigenvalue weighted by molar-refractivity contribution is 6.01. The average molecular weight is 337 g/mol. The predicted molar refractivity (Wildman–Crippen MR) is 92.3 cm³/mol. The molecule has 1 amide bonds. The highest BCUT2D eigenvalue weighted by Gasteiger charge is 2.47. The normalized spacial score (nSPS) is 21.8. The largest absolute Gasteiger partial charge is 0.496 e. The van der Waals surface area contributed by atoms with Crippen molar-refractivity contribution < 1.29 is 19.1 Å². The van der Waals surface area contributed by atoms with Crippen LogP contribution in [0.25, 0.3) is 0 Å². The summed E-state index contributed by atoms with van der Waals surface area (Å²) < 4.78 is 11.5. The molecule has 2 aliphatic rings. The van der Waals surface area contributed by atoms with Gasteiger partial charge in [0.25, 0.3) is 5.91 Å². The molecule has 0 aromatic heterocycles. The summed E-state index contributed by atoms with van der Waals surface area (Å²) >= 11 is 0. The minimum absolute atomic E-state index is 0.0773. The van der Waals surface area contributed by atoms with Gasteiger partial charge in [0.2, 0.25) is 0 Å². The molecule has 1 atom stereocenters. The maximum Gasteiger partial charge on any atom is 0.257 e. The van der Waals surface area contributed by atoms with Crippen LogP contribution in [-0.2, 0) is 0 Å². The topological polar surface area (TPSA) is 55.8 Å². The van der Waals surface area contributed by atoms with Gasteiger partial charge in [0.15, 0.2) is 5.78 Å². The van der Waals surface area contributed by atoms with Crippen molar-refractivity contribution in [2.24, 2.45) is 0 Å². The van der Waals surface area contributed by atoms with Crippen LogP contribution in [0.15, 0.2) is 48.5 Å². The Kier molecular flexibility index (Phi) is 3.71. The van der Waals surface area contributed by atoms with Crippen molar-refractivity contribution in [3.63, 3.8) is 0 Å². The quantitative estimate of drug-likeness (QED) is 0.845. The molecule has 0 N–H and O–H groups in total. The Bertz CT molecular complexity index is 847. The highest BCUT2D eigenvalue weighted by Crippen LogP contribution is 2.39. The Balaban J connectivity index is 1.58. The standard InChI is InChI=1S/C20H19NO4/c1-24-17-8-4-3-7-15(17)19(23)21-11-10-20(13-21)12-16(22)14-6-2-5-9-18(14)25-20/h2-9H,10-13H2,1H3. The van der Waals surface area contributed by atoms with E-state index in [4.69, 9.17) is 9.47 Å². The fourth-order valence-electron chi connectivity index (χ4n) is 3.68. The molecule has 2 aromatic carbocycles. The van der Waals surface area contributed by atoms with Gasteiger partial charge in [-0.15, -0.1) is 0 Å². The minimum atomic E-state index is -0.622. The van der Waals surface area contributed by atoms with Gasteiger partial charge in [0.1, 0.15) is 17.1 Å². The summed E-state index contributed by atoms with van der Waals surface area (Å²) in [6.07, 6.45) is 0.952. The van der Waals surface area contributed by atoms with Gasteiger partial charge in [-0.25, -0.2) is 0 Å². The van der Waals surface area contributed by atoms with Crippen molar-refractivity contribution in [1.29, 1.82) is 0 Å². The van der Waals surface area contributed by atoms with E-state index in [1.54, 1.807) is 30.2 Å². The van der Waals surface area contributed by atoms with E-state index in [9.17, 15) is 9.59 Å². The molecule has 0 aliphatic carbocycles. The van der Waals surface area contributed by atoms with E-state index in [2.05, 4.69) is 0 Å². The fourth-order valence-corrected chi connectivity index (χ4v) is 3.68. The zero-order valence-corrected chi connectivity index (χ0v) is 14.0. The maximum absolute atomic E-state index is 12.9. The third kappa shape index (κ3) is 2.65. The maximum atomic E-state index is 12.9. The van der Waals surface area contributed by atoms with Gasteiger partial charge in [-0.05, 0) is 24.3 Å². The Morgan fingerprint density at radius 2 is 1.92 bits per heavy atom. The molecule has 5 heteroatoms. The summed E-state index contributed by atoms with van der Waals surface area (Å²) in [7, 11) is 1.55. The molecule has 0 saturated carbocycles. The molecule has 1 fully saturated rings. The van der Waals surface area contributed by atoms with Crippen molar-refractivity contribution >= 4 is 11.7 Å². The number of ether oxygens (including phenoxy) is 2. The van der Waals surface area contributed by atoms with Crippen molar-refractivity contribution in [3.05, 3.63) is 59.7 Å². The zero-order chi connectivity index (χ0) is 17.4. The lowest BCUT2D eigenvalue weighted by Crippen LogP contribution is -2.45. The average Bonchev–Trinajstić information content (AvgIpc) is 3.04. The Morgan fingerprint density at radius 1 is 1.16 bits per heavy atom. The molecule has 0 bridgehead atoms. The first kappa shape index (κ1) is 15.7. The molecule has 5 nitrogen and oxygen atoms in total. The molecule has 1 saturated heterocycles. The second-order valence-electron chi connectivity index (χ2n) is 6.56. The van der Waals surface area contributed by atoms with Gasteiger partial charge in [-0.3, -0.25) is 9.59 Å². The first-order valence-corrected chi connectivity index (χ1v) is 8.35. The number of nitrogens with zero attached hydrogens (tertiary/aromatic N) is 1. The van der Waals surface area contributed by atoms with Crippen LogP contribution in [0.4, 0.5) is 0 Å². The number of methoxy groups -OCH3 is 1. The third-order valence-electron chi connectivity index (χ3n) is 4.94. The van der Waals surface area contributed by atoms with Gasteiger partial charge in [-0.1, -0.05) is 24.3 Å². The number of ketones is 1. The predicted octanol–water partition coefficient (Wildman–Crippen LogP) is 2.95. The lowest BCUT2D eigenvalue weighted by molar-refractivity contribution is 0.0427. The smallest absolute Gasteiger partial charge is 0.257 e. The van der Waals surface area contributed by atoms with E-state index >= 15 is 0 Å². The number of Topliss-reactive ketones (excluding diaryl/α,β-unsaturated/α-hetero) is 1. The number of hydrogen-bond acceptors (Lipinski definition) is 4. The minimum Gasteiger partial charge on any atom is -0.496 e. The number of carbonyl (C=O) groups is 2. The third-order valence-corrected chi connectivity index (χ3v) is 4.94. The van der Waals surface area contributed by atoms with Crippen LogP contribution in [0.3, 0.4) is 0 Å². The molecule has 0 radical (unpaired) electrons. The lowest BCUT2D eigenvalue weighted by Gasteiger charge is -2.34. The van der Waals surface area contributed by atoms with Gasteiger partial charge < -0.3 is 14.4 Å². The monoisotopic (exact) mass is 337 g/mol. The number of rotatable bonds is 2. The van der Waals surface area contributed by atoms with Crippen molar-refractivity contribution in [1.82, 2.24) is 4.90 Å². The molecule has 1 unspecified atom stereocenters. The van der Waals surface area contributed by atoms with E-state index in [1.165, 1.54) is 0 Å². The van der Waals surface area contributed by atoms with Crippen molar-refractivity contribution in [2.75, 3.05) is 20.2 Å². The second kappa shape index (κ2) is 5.92. The van der Waals surface area contributed by atoms with E-state index in [0.29, 0.717) is 48.6 Å². The van der Waals surface area contributed by atoms with Gasteiger partial charge in [0.05, 0.1) is 31.2 Å². The van der Waals surface area contributed by atoms with Crippen LogP contribution >= 0.6 is 0 Å².